The number of rotatable bonds is 3. The smallest absolute Gasteiger partial charge is 0.327 e. The van der Waals surface area contributed by atoms with Gasteiger partial charge < -0.3 is 19.5 Å². The molecule has 1 N–H and O–H groups in total. The van der Waals surface area contributed by atoms with E-state index < -0.39 is 6.04 Å². The van der Waals surface area contributed by atoms with Crippen LogP contribution >= 0.6 is 0 Å². The molecule has 1 aromatic carbocycles. The Morgan fingerprint density at radius 3 is 2.72 bits per heavy atom. The summed E-state index contributed by atoms with van der Waals surface area (Å²) >= 11 is 0. The normalized spacial score (nSPS) is 15.7. The highest BCUT2D eigenvalue weighted by molar-refractivity contribution is 5.77. The molecule has 0 radical (unpaired) electrons. The molecule has 5 heteroatoms. The number of fused-ring (bicyclic) bond motifs is 1. The third kappa shape index (κ3) is 2.56. The second kappa shape index (κ2) is 5.73. The van der Waals surface area contributed by atoms with Crippen LogP contribution in [0.5, 0.6) is 11.5 Å². The molecule has 0 aliphatic carbocycles. The van der Waals surface area contributed by atoms with Crippen LogP contribution in [0.1, 0.15) is 18.0 Å². The lowest BCUT2D eigenvalue weighted by atomic mass is 10.1. The third-order valence-electron chi connectivity index (χ3n) is 2.83. The van der Waals surface area contributed by atoms with E-state index in [0.29, 0.717) is 19.0 Å². The molecule has 1 unspecified atom stereocenters. The number of methoxy groups -OCH3 is 1. The Morgan fingerprint density at radius 2 is 2.06 bits per heavy atom. The third-order valence-corrected chi connectivity index (χ3v) is 2.83. The number of carbonyl (C=O) groups excluding carboxylic acids is 1. The van der Waals surface area contributed by atoms with E-state index in [-0.39, 0.29) is 5.97 Å². The summed E-state index contributed by atoms with van der Waals surface area (Å²) in [5, 5.41) is 2.92. The fourth-order valence-electron chi connectivity index (χ4n) is 1.90. The molecule has 1 aromatic rings. The largest absolute Gasteiger partial charge is 0.490 e. The van der Waals surface area contributed by atoms with Crippen molar-refractivity contribution in [1.82, 2.24) is 5.32 Å². The van der Waals surface area contributed by atoms with Crippen molar-refractivity contribution in [2.75, 3.05) is 27.4 Å². The Labute approximate surface area is 106 Å². The van der Waals surface area contributed by atoms with Gasteiger partial charge in [-0.2, -0.15) is 0 Å². The number of benzene rings is 1. The zero-order valence-electron chi connectivity index (χ0n) is 10.6. The highest BCUT2D eigenvalue weighted by Crippen LogP contribution is 2.32. The maximum Gasteiger partial charge on any atom is 0.327 e. The van der Waals surface area contributed by atoms with Crippen LogP contribution in [0.15, 0.2) is 18.2 Å². The van der Waals surface area contributed by atoms with Crippen molar-refractivity contribution in [1.29, 1.82) is 0 Å². The first kappa shape index (κ1) is 12.7. The van der Waals surface area contributed by atoms with Gasteiger partial charge in [-0.15, -0.1) is 0 Å². The number of nitrogens with one attached hydrogen (secondary N) is 1. The summed E-state index contributed by atoms with van der Waals surface area (Å²) < 4.78 is 15.9. The summed E-state index contributed by atoms with van der Waals surface area (Å²) in [7, 11) is 3.08. The van der Waals surface area contributed by atoms with Crippen LogP contribution in [-0.4, -0.2) is 33.3 Å². The van der Waals surface area contributed by atoms with Gasteiger partial charge >= 0.3 is 5.97 Å². The minimum absolute atomic E-state index is 0.327. The van der Waals surface area contributed by atoms with E-state index in [1.807, 2.05) is 18.2 Å². The standard InChI is InChI=1S/C13H17NO4/c1-14-12(13(15)16-2)9-4-5-10-11(8-9)18-7-3-6-17-10/h4-5,8,12,14H,3,6-7H2,1-2H3. The molecular weight excluding hydrogens is 234 g/mol. The molecule has 5 nitrogen and oxygen atoms in total. The predicted octanol–water partition coefficient (Wildman–Crippen LogP) is 1.28. The topological polar surface area (TPSA) is 56.8 Å². The highest BCUT2D eigenvalue weighted by Gasteiger charge is 2.21. The van der Waals surface area contributed by atoms with Gasteiger partial charge in [0, 0.05) is 6.42 Å². The van der Waals surface area contributed by atoms with Crippen molar-refractivity contribution in [2.24, 2.45) is 0 Å². The Hall–Kier alpha value is -1.75. The lowest BCUT2D eigenvalue weighted by molar-refractivity contribution is -0.143. The number of carbonyl (C=O) groups is 1. The zero-order valence-corrected chi connectivity index (χ0v) is 10.6. The number of likely N-dealkylation sites (N-methyl/N-ethyl adjacent to an activating group) is 1. The average molecular weight is 251 g/mol. The maximum atomic E-state index is 11.6. The minimum atomic E-state index is -0.493. The average Bonchev–Trinajstić information content (AvgIpc) is 2.64. The molecule has 0 saturated carbocycles. The van der Waals surface area contributed by atoms with E-state index >= 15 is 0 Å². The van der Waals surface area contributed by atoms with Gasteiger partial charge in [-0.1, -0.05) is 6.07 Å². The van der Waals surface area contributed by atoms with Gasteiger partial charge in [0.25, 0.3) is 0 Å². The summed E-state index contributed by atoms with van der Waals surface area (Å²) in [5.74, 6) is 1.07. The molecule has 0 fully saturated rings. The first-order valence-electron chi connectivity index (χ1n) is 5.91. The van der Waals surface area contributed by atoms with Crippen molar-refractivity contribution in [3.63, 3.8) is 0 Å². The van der Waals surface area contributed by atoms with Crippen molar-refractivity contribution >= 4 is 5.97 Å². The first-order chi connectivity index (χ1) is 8.76. The summed E-state index contributed by atoms with van der Waals surface area (Å²) in [6.07, 6.45) is 0.858. The molecule has 1 heterocycles. The monoisotopic (exact) mass is 251 g/mol. The summed E-state index contributed by atoms with van der Waals surface area (Å²) in [4.78, 5) is 11.6. The molecule has 98 valence electrons. The number of hydrogen-bond acceptors (Lipinski definition) is 5. The zero-order chi connectivity index (χ0) is 13.0. The van der Waals surface area contributed by atoms with Gasteiger partial charge in [0.2, 0.25) is 0 Å². The van der Waals surface area contributed by atoms with Crippen LogP contribution < -0.4 is 14.8 Å². The second-order valence-corrected chi connectivity index (χ2v) is 4.00. The SMILES string of the molecule is CNC(C(=O)OC)c1ccc2c(c1)OCCCO2. The predicted molar refractivity (Wildman–Crippen MR) is 65.9 cm³/mol. The van der Waals surface area contributed by atoms with Crippen molar-refractivity contribution < 1.29 is 19.0 Å². The number of ether oxygens (including phenoxy) is 3. The van der Waals surface area contributed by atoms with Gasteiger partial charge in [-0.05, 0) is 24.7 Å². The van der Waals surface area contributed by atoms with Crippen LogP contribution in [0.3, 0.4) is 0 Å². The minimum Gasteiger partial charge on any atom is -0.490 e. The number of esters is 1. The second-order valence-electron chi connectivity index (χ2n) is 4.00. The van der Waals surface area contributed by atoms with Crippen molar-refractivity contribution in [3.05, 3.63) is 23.8 Å². The lowest BCUT2D eigenvalue weighted by Crippen LogP contribution is -2.26. The molecule has 0 spiro atoms. The van der Waals surface area contributed by atoms with Gasteiger partial charge in [0.05, 0.1) is 20.3 Å². The number of hydrogen-bond donors (Lipinski definition) is 1. The molecule has 2 rings (SSSR count). The molecule has 0 saturated heterocycles. The Balaban J connectivity index is 2.29. The summed E-state index contributed by atoms with van der Waals surface area (Å²) in [6, 6.07) is 4.99. The van der Waals surface area contributed by atoms with E-state index in [1.54, 1.807) is 7.05 Å². The molecule has 0 amide bonds. The molecule has 0 aromatic heterocycles. The lowest BCUT2D eigenvalue weighted by Gasteiger charge is -2.16. The molecule has 1 aliphatic heterocycles. The maximum absolute atomic E-state index is 11.6. The summed E-state index contributed by atoms with van der Waals surface area (Å²) in [6.45, 7) is 1.28. The van der Waals surface area contributed by atoms with Crippen LogP contribution in [0.2, 0.25) is 0 Å². The van der Waals surface area contributed by atoms with E-state index in [4.69, 9.17) is 14.2 Å². The Bertz CT molecular complexity index is 433. The first-order valence-corrected chi connectivity index (χ1v) is 5.91. The van der Waals surface area contributed by atoms with E-state index in [9.17, 15) is 4.79 Å². The van der Waals surface area contributed by atoms with E-state index in [2.05, 4.69) is 5.32 Å². The molecule has 1 atom stereocenters. The van der Waals surface area contributed by atoms with E-state index in [0.717, 1.165) is 17.7 Å². The quantitative estimate of drug-likeness (QED) is 0.820. The van der Waals surface area contributed by atoms with Gasteiger partial charge in [-0.25, -0.2) is 4.79 Å². The summed E-state index contributed by atoms with van der Waals surface area (Å²) in [5.41, 5.74) is 0.800. The fourth-order valence-corrected chi connectivity index (χ4v) is 1.90. The van der Waals surface area contributed by atoms with Crippen LogP contribution in [0.4, 0.5) is 0 Å². The van der Waals surface area contributed by atoms with Crippen molar-refractivity contribution in [2.45, 2.75) is 12.5 Å². The van der Waals surface area contributed by atoms with Crippen LogP contribution in [-0.2, 0) is 9.53 Å². The van der Waals surface area contributed by atoms with Crippen molar-refractivity contribution in [3.8, 4) is 11.5 Å². The fraction of sp³-hybridized carbons (Fsp3) is 0.462. The molecule has 1 aliphatic rings. The van der Waals surface area contributed by atoms with Gasteiger partial charge in [-0.3, -0.25) is 0 Å². The molecular formula is C13H17NO4. The highest BCUT2D eigenvalue weighted by atomic mass is 16.5. The van der Waals surface area contributed by atoms with Gasteiger partial charge in [0.15, 0.2) is 11.5 Å². The van der Waals surface area contributed by atoms with Crippen LogP contribution in [0, 0.1) is 0 Å². The molecule has 18 heavy (non-hydrogen) atoms. The van der Waals surface area contributed by atoms with E-state index in [1.165, 1.54) is 7.11 Å². The van der Waals surface area contributed by atoms with Gasteiger partial charge in [0.1, 0.15) is 6.04 Å². The Kier molecular flexibility index (Phi) is 4.04. The molecule has 0 bridgehead atoms. The van der Waals surface area contributed by atoms with Crippen LogP contribution in [0.25, 0.3) is 0 Å². The Morgan fingerprint density at radius 1 is 1.33 bits per heavy atom.